The molecule has 0 aromatic heterocycles. The van der Waals surface area contributed by atoms with Crippen LogP contribution in [-0.2, 0) is 24.8 Å². The smallest absolute Gasteiger partial charge is 0.317 e. The average Bonchev–Trinajstić information content (AvgIpc) is 2.69. The van der Waals surface area contributed by atoms with Gasteiger partial charge < -0.3 is 15.5 Å². The maximum atomic E-state index is 11.4. The second-order valence-electron chi connectivity index (χ2n) is 6.71. The monoisotopic (exact) mass is 506 g/mol. The van der Waals surface area contributed by atoms with Crippen LogP contribution in [0.4, 0.5) is 4.79 Å². The molecule has 6 N–H and O–H groups in total. The van der Waals surface area contributed by atoms with Crippen LogP contribution < -0.4 is 20.9 Å². The molecular weight excluding hydrogens is 472 g/mol. The topological polar surface area (TPSA) is 194 Å². The number of halogens is 1. The Morgan fingerprint density at radius 3 is 1.77 bits per heavy atom. The van der Waals surface area contributed by atoms with E-state index in [0.29, 0.717) is 51.9 Å². The molecule has 12 nitrogen and oxygen atoms in total. The van der Waals surface area contributed by atoms with Crippen molar-refractivity contribution in [2.75, 3.05) is 39.3 Å². The lowest BCUT2D eigenvalue weighted by atomic mass is 10.1. The third kappa shape index (κ3) is 14.4. The molecule has 2 amide bonds. The molecule has 15 heteroatoms. The molecule has 0 aromatic carbocycles. The van der Waals surface area contributed by atoms with Crippen LogP contribution in [-0.4, -0.2) is 83.6 Å². The molecule has 0 saturated carbocycles. The fourth-order valence-electron chi connectivity index (χ4n) is 2.84. The molecule has 0 aromatic rings. The maximum Gasteiger partial charge on any atom is 0.317 e. The van der Waals surface area contributed by atoms with E-state index in [9.17, 15) is 21.6 Å². The minimum Gasteiger partial charge on any atom is -0.338 e. The first-order valence-electron chi connectivity index (χ1n) is 9.77. The van der Waals surface area contributed by atoms with Crippen molar-refractivity contribution in [2.45, 2.75) is 50.0 Å². The van der Waals surface area contributed by atoms with Crippen LogP contribution in [0.5, 0.6) is 0 Å². The Morgan fingerprint density at radius 2 is 1.48 bits per heavy atom. The van der Waals surface area contributed by atoms with Crippen molar-refractivity contribution < 1.29 is 26.4 Å². The molecule has 0 radical (unpaired) electrons. The lowest BCUT2D eigenvalue weighted by Crippen LogP contribution is -2.47. The Labute approximate surface area is 191 Å². The summed E-state index contributed by atoms with van der Waals surface area (Å²) in [5.41, 5.74) is 0. The summed E-state index contributed by atoms with van der Waals surface area (Å²) in [4.78, 5) is 25.3. The van der Waals surface area contributed by atoms with Crippen molar-refractivity contribution in [2.24, 2.45) is 15.3 Å². The van der Waals surface area contributed by atoms with Gasteiger partial charge in [-0.2, -0.15) is 0 Å². The first-order chi connectivity index (χ1) is 14.0. The number of hydrogen-bond donors (Lipinski definition) is 4. The summed E-state index contributed by atoms with van der Waals surface area (Å²) in [6, 6.07) is -0.134. The van der Waals surface area contributed by atoms with Gasteiger partial charge in [-0.3, -0.25) is 0 Å². The van der Waals surface area contributed by atoms with Crippen LogP contribution in [0.25, 0.3) is 0 Å². The van der Waals surface area contributed by atoms with Gasteiger partial charge in [0.25, 0.3) is 0 Å². The van der Waals surface area contributed by atoms with E-state index in [2.05, 4.69) is 15.6 Å². The Kier molecular flexibility index (Phi) is 16.8. The van der Waals surface area contributed by atoms with E-state index in [0.717, 1.165) is 13.1 Å². The molecular formula is C16H35ClN6O6S2. The fraction of sp³-hybridized carbons (Fsp3) is 0.875. The number of carbonyl (C=O) groups excluding carboxylic acids is 2. The van der Waals surface area contributed by atoms with Crippen LogP contribution >= 0.6 is 12.4 Å². The lowest BCUT2D eigenvalue weighted by molar-refractivity contribution is 0.187. The SMILES string of the molecule is CCN=C=O.CCNC(=O)N1CCC(S(N)(=O)=O)CC1.Cl.NS(=O)(=O)C1CCNCC1. The molecule has 0 bridgehead atoms. The van der Waals surface area contributed by atoms with Gasteiger partial charge >= 0.3 is 6.03 Å². The van der Waals surface area contributed by atoms with E-state index in [-0.39, 0.29) is 23.7 Å². The summed E-state index contributed by atoms with van der Waals surface area (Å²) in [5, 5.41) is 14.9. The molecule has 2 aliphatic heterocycles. The van der Waals surface area contributed by atoms with Crippen molar-refractivity contribution >= 4 is 44.6 Å². The molecule has 2 fully saturated rings. The third-order valence-corrected chi connectivity index (χ3v) is 7.30. The fourth-order valence-corrected chi connectivity index (χ4v) is 4.60. The van der Waals surface area contributed by atoms with Gasteiger partial charge in [-0.1, -0.05) is 0 Å². The highest BCUT2D eigenvalue weighted by Gasteiger charge is 2.28. The normalized spacial score (nSPS) is 17.5. The summed E-state index contributed by atoms with van der Waals surface area (Å²) in [5.74, 6) is 0. The lowest BCUT2D eigenvalue weighted by Gasteiger charge is -2.30. The molecule has 0 spiro atoms. The Balaban J connectivity index is 0. The summed E-state index contributed by atoms with van der Waals surface area (Å²) in [6.45, 7) is 7.18. The van der Waals surface area contributed by atoms with Crippen LogP contribution in [0, 0.1) is 0 Å². The molecule has 0 atom stereocenters. The minimum absolute atomic E-state index is 0. The van der Waals surface area contributed by atoms with Crippen LogP contribution in [0.1, 0.15) is 39.5 Å². The molecule has 0 unspecified atom stereocenters. The molecule has 2 rings (SSSR count). The number of nitrogens with two attached hydrogens (primary N) is 2. The van der Waals surface area contributed by atoms with Gasteiger partial charge in [0.2, 0.25) is 26.1 Å². The number of rotatable bonds is 4. The Morgan fingerprint density at radius 1 is 1.03 bits per heavy atom. The Bertz CT molecular complexity index is 759. The zero-order chi connectivity index (χ0) is 23.2. The van der Waals surface area contributed by atoms with Crippen molar-refractivity contribution in [3.8, 4) is 0 Å². The summed E-state index contributed by atoms with van der Waals surface area (Å²) in [6.07, 6.45) is 3.55. The molecule has 2 aliphatic rings. The molecule has 2 saturated heterocycles. The summed E-state index contributed by atoms with van der Waals surface area (Å²) >= 11 is 0. The quantitative estimate of drug-likeness (QED) is 0.284. The van der Waals surface area contributed by atoms with E-state index in [4.69, 9.17) is 15.1 Å². The van der Waals surface area contributed by atoms with Crippen LogP contribution in [0.3, 0.4) is 0 Å². The molecule has 184 valence electrons. The first-order valence-corrected chi connectivity index (χ1v) is 13.0. The highest BCUT2D eigenvalue weighted by molar-refractivity contribution is 7.90. The van der Waals surface area contributed by atoms with Crippen molar-refractivity contribution in [3.63, 3.8) is 0 Å². The number of carbonyl (C=O) groups is 1. The summed E-state index contributed by atoms with van der Waals surface area (Å²) in [7, 11) is -6.71. The number of amides is 2. The number of nitrogens with one attached hydrogen (secondary N) is 2. The number of isocyanates is 1. The van der Waals surface area contributed by atoms with Gasteiger partial charge in [-0.15, -0.1) is 12.4 Å². The van der Waals surface area contributed by atoms with Gasteiger partial charge in [0.05, 0.1) is 10.5 Å². The first kappa shape index (κ1) is 31.9. The van der Waals surface area contributed by atoms with Crippen LogP contribution in [0.15, 0.2) is 4.99 Å². The second-order valence-corrected chi connectivity index (χ2v) is 10.4. The number of aliphatic imine (C=N–C) groups is 1. The van der Waals surface area contributed by atoms with Gasteiger partial charge in [-0.05, 0) is 52.6 Å². The third-order valence-electron chi connectivity index (χ3n) is 4.50. The Hall–Kier alpha value is -1.28. The van der Waals surface area contributed by atoms with Gasteiger partial charge in [-0.25, -0.2) is 41.7 Å². The highest BCUT2D eigenvalue weighted by Crippen LogP contribution is 2.15. The molecule has 0 aliphatic carbocycles. The number of primary sulfonamides is 2. The van der Waals surface area contributed by atoms with E-state index in [1.807, 2.05) is 6.92 Å². The number of nitrogens with zero attached hydrogens (tertiary/aromatic N) is 2. The second kappa shape index (κ2) is 16.4. The van der Waals surface area contributed by atoms with Crippen molar-refractivity contribution in [3.05, 3.63) is 0 Å². The number of sulfonamides is 2. The molecule has 2 heterocycles. The van der Waals surface area contributed by atoms with Crippen LogP contribution in [0.2, 0.25) is 0 Å². The number of hydrogen-bond acceptors (Lipinski definition) is 8. The van der Waals surface area contributed by atoms with Crippen molar-refractivity contribution in [1.82, 2.24) is 15.5 Å². The number of urea groups is 1. The summed E-state index contributed by atoms with van der Waals surface area (Å²) < 4.78 is 43.6. The molecule has 31 heavy (non-hydrogen) atoms. The minimum atomic E-state index is -3.45. The largest absolute Gasteiger partial charge is 0.338 e. The van der Waals surface area contributed by atoms with E-state index < -0.39 is 25.3 Å². The van der Waals surface area contributed by atoms with E-state index >= 15 is 0 Å². The van der Waals surface area contributed by atoms with Gasteiger partial charge in [0.1, 0.15) is 0 Å². The zero-order valence-corrected chi connectivity index (χ0v) is 20.4. The van der Waals surface area contributed by atoms with Gasteiger partial charge in [0, 0.05) is 26.2 Å². The standard InChI is InChI=1S/C8H17N3O3S.C5H12N2O2S.C3H5NO.ClH/c1-2-10-8(12)11-5-3-7(4-6-11)15(9,13)14;6-10(8,9)5-1-3-7-4-2-5;1-2-4-3-5;/h7H,2-6H2,1H3,(H,10,12)(H2,9,13,14);5,7H,1-4H2,(H2,6,8,9);2H2,1H3;1H. The van der Waals surface area contributed by atoms with E-state index in [1.165, 1.54) is 6.08 Å². The van der Waals surface area contributed by atoms with E-state index in [1.54, 1.807) is 11.8 Å². The predicted molar refractivity (Wildman–Crippen MR) is 122 cm³/mol. The number of likely N-dealkylation sites (tertiary alicyclic amines) is 1. The van der Waals surface area contributed by atoms with Crippen molar-refractivity contribution in [1.29, 1.82) is 0 Å². The zero-order valence-electron chi connectivity index (χ0n) is 17.9. The maximum absolute atomic E-state index is 11.4. The predicted octanol–water partition coefficient (Wildman–Crippen LogP) is -0.740. The highest BCUT2D eigenvalue weighted by atomic mass is 35.5. The van der Waals surface area contributed by atoms with Gasteiger partial charge in [0.15, 0.2) is 0 Å². The number of piperidine rings is 2. The average molecular weight is 507 g/mol.